The lowest BCUT2D eigenvalue weighted by Crippen LogP contribution is -2.40. The van der Waals surface area contributed by atoms with Gasteiger partial charge < -0.3 is 5.11 Å². The third-order valence-corrected chi connectivity index (χ3v) is 3.65. The summed E-state index contributed by atoms with van der Waals surface area (Å²) in [5.41, 5.74) is 0. The summed E-state index contributed by atoms with van der Waals surface area (Å²) in [6, 6.07) is 0.753. The summed E-state index contributed by atoms with van der Waals surface area (Å²) in [6.45, 7) is 2.32. The molecule has 1 aliphatic carbocycles. The zero-order valence-electron chi connectivity index (χ0n) is 9.24. The van der Waals surface area contributed by atoms with Crippen molar-refractivity contribution in [2.45, 2.75) is 38.1 Å². The first kappa shape index (κ1) is 12.3. The number of aliphatic hydroxyl groups is 1. The fraction of sp³-hybridized carbons (Fsp3) is 1.00. The maximum Gasteiger partial charge on any atom is 0.0558 e. The van der Waals surface area contributed by atoms with E-state index in [1.807, 2.05) is 11.8 Å². The molecule has 1 fully saturated rings. The molecular formula is C11H23NOS. The highest BCUT2D eigenvalue weighted by atomic mass is 32.2. The zero-order valence-corrected chi connectivity index (χ0v) is 10.1. The molecule has 0 saturated heterocycles. The van der Waals surface area contributed by atoms with E-state index < -0.39 is 0 Å². The highest BCUT2D eigenvalue weighted by Crippen LogP contribution is 2.22. The van der Waals surface area contributed by atoms with E-state index >= 15 is 0 Å². The third kappa shape index (κ3) is 4.20. The average Bonchev–Trinajstić information content (AvgIpc) is 2.25. The van der Waals surface area contributed by atoms with E-state index in [2.05, 4.69) is 11.2 Å². The number of aliphatic hydroxyl groups excluding tert-OH is 1. The number of rotatable bonds is 6. The van der Waals surface area contributed by atoms with Crippen molar-refractivity contribution >= 4 is 11.8 Å². The van der Waals surface area contributed by atoms with E-state index in [0.29, 0.717) is 6.61 Å². The van der Waals surface area contributed by atoms with Gasteiger partial charge in [-0.1, -0.05) is 19.3 Å². The van der Waals surface area contributed by atoms with Crippen molar-refractivity contribution in [3.05, 3.63) is 0 Å². The first-order chi connectivity index (χ1) is 6.88. The van der Waals surface area contributed by atoms with Crippen LogP contribution in [0.25, 0.3) is 0 Å². The summed E-state index contributed by atoms with van der Waals surface area (Å²) in [7, 11) is 0. The van der Waals surface area contributed by atoms with Crippen molar-refractivity contribution in [1.29, 1.82) is 0 Å². The Balaban J connectivity index is 2.30. The Labute approximate surface area is 92.1 Å². The summed E-state index contributed by atoms with van der Waals surface area (Å²) >= 11 is 1.90. The molecule has 0 aromatic heterocycles. The fourth-order valence-electron chi connectivity index (χ4n) is 2.26. The molecule has 0 bridgehead atoms. The molecule has 0 aromatic carbocycles. The largest absolute Gasteiger partial charge is 0.395 e. The summed E-state index contributed by atoms with van der Waals surface area (Å²) in [6.07, 6.45) is 9.00. The van der Waals surface area contributed by atoms with E-state index in [0.717, 1.165) is 19.1 Å². The normalized spacial score (nSPS) is 19.1. The van der Waals surface area contributed by atoms with Crippen LogP contribution < -0.4 is 0 Å². The topological polar surface area (TPSA) is 23.5 Å². The highest BCUT2D eigenvalue weighted by Gasteiger charge is 2.19. The molecule has 0 aliphatic heterocycles. The molecule has 1 aliphatic rings. The van der Waals surface area contributed by atoms with Gasteiger partial charge in [-0.05, 0) is 19.1 Å². The third-order valence-electron chi connectivity index (χ3n) is 3.06. The summed E-state index contributed by atoms with van der Waals surface area (Å²) in [5, 5.41) is 9.02. The molecule has 0 radical (unpaired) electrons. The molecular weight excluding hydrogens is 194 g/mol. The highest BCUT2D eigenvalue weighted by molar-refractivity contribution is 7.98. The predicted molar refractivity (Wildman–Crippen MR) is 63.9 cm³/mol. The molecule has 0 aromatic rings. The lowest BCUT2D eigenvalue weighted by atomic mass is 9.94. The molecule has 0 spiro atoms. The van der Waals surface area contributed by atoms with Crippen molar-refractivity contribution < 1.29 is 5.11 Å². The van der Waals surface area contributed by atoms with Crippen LogP contribution in [0, 0.1) is 0 Å². The fourth-order valence-corrected chi connectivity index (χ4v) is 2.68. The number of hydrogen-bond acceptors (Lipinski definition) is 3. The number of nitrogens with zero attached hydrogens (tertiary/aromatic N) is 1. The summed E-state index contributed by atoms with van der Waals surface area (Å²) < 4.78 is 0. The van der Waals surface area contributed by atoms with Gasteiger partial charge >= 0.3 is 0 Å². The zero-order chi connectivity index (χ0) is 10.2. The maximum atomic E-state index is 9.02. The Hall–Kier alpha value is 0.270. The van der Waals surface area contributed by atoms with Gasteiger partial charge in [0.25, 0.3) is 0 Å². The molecule has 1 saturated carbocycles. The van der Waals surface area contributed by atoms with Gasteiger partial charge in [-0.3, -0.25) is 4.90 Å². The van der Waals surface area contributed by atoms with Crippen LogP contribution in [0.15, 0.2) is 0 Å². The lowest BCUT2D eigenvalue weighted by Gasteiger charge is -2.33. The van der Waals surface area contributed by atoms with Gasteiger partial charge in [-0.15, -0.1) is 0 Å². The molecule has 3 heteroatoms. The average molecular weight is 217 g/mol. The molecule has 0 atom stereocenters. The van der Waals surface area contributed by atoms with Crippen molar-refractivity contribution in [1.82, 2.24) is 4.90 Å². The van der Waals surface area contributed by atoms with Crippen molar-refractivity contribution in [2.75, 3.05) is 31.7 Å². The molecule has 14 heavy (non-hydrogen) atoms. The van der Waals surface area contributed by atoms with Gasteiger partial charge in [0.15, 0.2) is 0 Å². The van der Waals surface area contributed by atoms with Crippen LogP contribution in [0.3, 0.4) is 0 Å². The van der Waals surface area contributed by atoms with Crippen LogP contribution in [-0.4, -0.2) is 47.8 Å². The number of thioether (sulfide) groups is 1. The Kier molecular flexibility index (Phi) is 6.65. The molecule has 1 rings (SSSR count). The van der Waals surface area contributed by atoms with Crippen molar-refractivity contribution in [2.24, 2.45) is 0 Å². The SMILES string of the molecule is CSCCN(CCO)C1CCCCC1. The van der Waals surface area contributed by atoms with Crippen LogP contribution in [0.2, 0.25) is 0 Å². The Morgan fingerprint density at radius 2 is 1.93 bits per heavy atom. The minimum atomic E-state index is 0.310. The van der Waals surface area contributed by atoms with E-state index in [9.17, 15) is 0 Å². The van der Waals surface area contributed by atoms with Gasteiger partial charge in [0.1, 0.15) is 0 Å². The van der Waals surface area contributed by atoms with Crippen molar-refractivity contribution in [3.63, 3.8) is 0 Å². The van der Waals surface area contributed by atoms with Crippen LogP contribution in [0.4, 0.5) is 0 Å². The van der Waals surface area contributed by atoms with Gasteiger partial charge in [0.2, 0.25) is 0 Å². The van der Waals surface area contributed by atoms with E-state index in [-0.39, 0.29) is 0 Å². The minimum Gasteiger partial charge on any atom is -0.395 e. The quantitative estimate of drug-likeness (QED) is 0.736. The Morgan fingerprint density at radius 1 is 1.21 bits per heavy atom. The minimum absolute atomic E-state index is 0.310. The van der Waals surface area contributed by atoms with Crippen LogP contribution in [0.1, 0.15) is 32.1 Å². The molecule has 84 valence electrons. The van der Waals surface area contributed by atoms with Crippen molar-refractivity contribution in [3.8, 4) is 0 Å². The van der Waals surface area contributed by atoms with Gasteiger partial charge in [-0.25, -0.2) is 0 Å². The summed E-state index contributed by atoms with van der Waals surface area (Å²) in [4.78, 5) is 2.48. The van der Waals surface area contributed by atoms with Gasteiger partial charge in [-0.2, -0.15) is 11.8 Å². The standard InChI is InChI=1S/C11H23NOS/c1-14-10-8-12(7-9-13)11-5-3-2-4-6-11/h11,13H,2-10H2,1H3. The first-order valence-electron chi connectivity index (χ1n) is 5.72. The van der Waals surface area contributed by atoms with E-state index in [4.69, 9.17) is 5.11 Å². The van der Waals surface area contributed by atoms with Crippen LogP contribution >= 0.6 is 11.8 Å². The molecule has 1 N–H and O–H groups in total. The first-order valence-corrected chi connectivity index (χ1v) is 7.11. The van der Waals surface area contributed by atoms with Crippen LogP contribution in [-0.2, 0) is 0 Å². The van der Waals surface area contributed by atoms with E-state index in [1.54, 1.807) is 0 Å². The Bertz CT molecular complexity index is 137. The number of hydrogen-bond donors (Lipinski definition) is 1. The second-order valence-corrected chi connectivity index (χ2v) is 5.03. The second kappa shape index (κ2) is 7.55. The molecule has 0 amide bonds. The second-order valence-electron chi connectivity index (χ2n) is 4.04. The van der Waals surface area contributed by atoms with E-state index in [1.165, 1.54) is 37.9 Å². The summed E-state index contributed by atoms with van der Waals surface area (Å²) in [5.74, 6) is 1.19. The smallest absolute Gasteiger partial charge is 0.0558 e. The van der Waals surface area contributed by atoms with Crippen LogP contribution in [0.5, 0.6) is 0 Å². The molecule has 0 heterocycles. The lowest BCUT2D eigenvalue weighted by molar-refractivity contribution is 0.131. The monoisotopic (exact) mass is 217 g/mol. The Morgan fingerprint density at radius 3 is 2.50 bits per heavy atom. The molecule has 2 nitrogen and oxygen atoms in total. The molecule has 0 unspecified atom stereocenters. The van der Waals surface area contributed by atoms with Gasteiger partial charge in [0, 0.05) is 24.9 Å². The predicted octanol–water partition coefficient (Wildman–Crippen LogP) is 1.98. The van der Waals surface area contributed by atoms with Gasteiger partial charge in [0.05, 0.1) is 6.61 Å². The maximum absolute atomic E-state index is 9.02.